The van der Waals surface area contributed by atoms with Crippen molar-refractivity contribution in [3.63, 3.8) is 0 Å². The van der Waals surface area contributed by atoms with Crippen LogP contribution in [0.1, 0.15) is 39.0 Å². The summed E-state index contributed by atoms with van der Waals surface area (Å²) < 4.78 is 7.15. The number of amides is 2. The van der Waals surface area contributed by atoms with Gasteiger partial charge in [0.15, 0.2) is 6.04 Å². The molecule has 2 aromatic carbocycles. The monoisotopic (exact) mass is 479 g/mol. The Kier molecular flexibility index (Phi) is 6.70. The van der Waals surface area contributed by atoms with Crippen LogP contribution in [0.2, 0.25) is 5.02 Å². The van der Waals surface area contributed by atoms with Gasteiger partial charge < -0.3 is 9.73 Å². The Labute approximate surface area is 202 Å². The lowest BCUT2D eigenvalue weighted by Crippen LogP contribution is -2.51. The first-order valence-corrected chi connectivity index (χ1v) is 11.4. The number of furan rings is 1. The molecule has 0 fully saturated rings. The normalized spacial score (nSPS) is 12.5. The van der Waals surface area contributed by atoms with Gasteiger partial charge >= 0.3 is 0 Å². The van der Waals surface area contributed by atoms with Crippen LogP contribution in [0.5, 0.6) is 0 Å². The van der Waals surface area contributed by atoms with Crippen LogP contribution in [0, 0.1) is 0 Å². The molecule has 9 heteroatoms. The van der Waals surface area contributed by atoms with Gasteiger partial charge in [-0.15, -0.1) is 5.10 Å². The number of para-hydroxylation sites is 1. The Morgan fingerprint density at radius 3 is 2.53 bits per heavy atom. The van der Waals surface area contributed by atoms with E-state index in [2.05, 4.69) is 15.6 Å². The Morgan fingerprint density at radius 1 is 1.12 bits per heavy atom. The number of fused-ring (bicyclic) bond motifs is 1. The van der Waals surface area contributed by atoms with Gasteiger partial charge in [0.25, 0.3) is 5.91 Å². The summed E-state index contributed by atoms with van der Waals surface area (Å²) in [5.41, 5.74) is 1.43. The van der Waals surface area contributed by atoms with Crippen molar-refractivity contribution < 1.29 is 14.0 Å². The van der Waals surface area contributed by atoms with Gasteiger partial charge in [-0.25, -0.2) is 4.68 Å². The molecule has 0 saturated carbocycles. The lowest BCUT2D eigenvalue weighted by atomic mass is 10.0. The van der Waals surface area contributed by atoms with E-state index in [4.69, 9.17) is 16.0 Å². The Morgan fingerprint density at radius 2 is 1.85 bits per heavy atom. The van der Waals surface area contributed by atoms with Gasteiger partial charge in [-0.05, 0) is 68.8 Å². The Hall–Kier alpha value is -3.65. The number of anilines is 1. The summed E-state index contributed by atoms with van der Waals surface area (Å²) in [6.07, 6.45) is 2.19. The topological polar surface area (TPSA) is 93.3 Å². The Balaban J connectivity index is 1.77. The summed E-state index contributed by atoms with van der Waals surface area (Å²) in [6, 6.07) is 16.5. The van der Waals surface area contributed by atoms with Crippen molar-refractivity contribution in [3.05, 3.63) is 77.7 Å². The summed E-state index contributed by atoms with van der Waals surface area (Å²) in [6.45, 7) is 5.73. The molecule has 0 aliphatic carbocycles. The molecule has 1 atom stereocenters. The molecule has 176 valence electrons. The molecular weight excluding hydrogens is 454 g/mol. The second kappa shape index (κ2) is 9.69. The van der Waals surface area contributed by atoms with Gasteiger partial charge in [0.05, 0.1) is 11.8 Å². The summed E-state index contributed by atoms with van der Waals surface area (Å²) in [5, 5.41) is 11.8. The highest BCUT2D eigenvalue weighted by Gasteiger charge is 2.37. The molecule has 0 unspecified atom stereocenters. The molecule has 0 saturated heterocycles. The first kappa shape index (κ1) is 23.5. The summed E-state index contributed by atoms with van der Waals surface area (Å²) in [5.74, 6) is -0.367. The average molecular weight is 480 g/mol. The molecule has 4 rings (SSSR count). The zero-order valence-electron chi connectivity index (χ0n) is 19.2. The fourth-order valence-corrected chi connectivity index (χ4v) is 3.71. The largest absolute Gasteiger partial charge is 0.467 e. The molecule has 0 aliphatic heterocycles. The van der Waals surface area contributed by atoms with Crippen molar-refractivity contribution in [1.82, 2.24) is 20.3 Å². The second-order valence-electron chi connectivity index (χ2n) is 8.62. The minimum atomic E-state index is -1.04. The maximum absolute atomic E-state index is 13.8. The van der Waals surface area contributed by atoms with Crippen molar-refractivity contribution >= 4 is 40.1 Å². The average Bonchev–Trinajstić information content (AvgIpc) is 3.48. The fraction of sp³-hybridized carbons (Fsp3) is 0.280. The predicted molar refractivity (Wildman–Crippen MR) is 130 cm³/mol. The smallest absolute Gasteiger partial charge is 0.251 e. The van der Waals surface area contributed by atoms with Crippen molar-refractivity contribution in [1.29, 1.82) is 0 Å². The van der Waals surface area contributed by atoms with Crippen LogP contribution in [-0.2, 0) is 16.1 Å². The molecule has 2 amide bonds. The van der Waals surface area contributed by atoms with E-state index in [9.17, 15) is 9.59 Å². The van der Waals surface area contributed by atoms with Gasteiger partial charge in [-0.2, -0.15) is 0 Å². The molecule has 1 N–H and O–H groups in total. The summed E-state index contributed by atoms with van der Waals surface area (Å²) >= 11 is 6.10. The van der Waals surface area contributed by atoms with Gasteiger partial charge in [-0.1, -0.05) is 35.9 Å². The zero-order chi connectivity index (χ0) is 24.3. The van der Waals surface area contributed by atoms with Crippen LogP contribution in [0.25, 0.3) is 11.0 Å². The van der Waals surface area contributed by atoms with Crippen LogP contribution in [0.3, 0.4) is 0 Å². The highest BCUT2D eigenvalue weighted by atomic mass is 35.5. The molecule has 4 aromatic rings. The van der Waals surface area contributed by atoms with E-state index in [1.165, 1.54) is 15.8 Å². The van der Waals surface area contributed by atoms with Crippen LogP contribution >= 0.6 is 11.6 Å². The fourth-order valence-electron chi connectivity index (χ4n) is 3.59. The van der Waals surface area contributed by atoms with Crippen molar-refractivity contribution in [2.75, 3.05) is 4.90 Å². The molecule has 0 aliphatic rings. The number of aromatic nitrogens is 3. The number of nitrogens with one attached hydrogen (secondary N) is 1. The van der Waals surface area contributed by atoms with Gasteiger partial charge in [0.1, 0.15) is 17.8 Å². The first-order valence-electron chi connectivity index (χ1n) is 11.0. The number of carbonyl (C=O) groups is 2. The third kappa shape index (κ3) is 4.97. The van der Waals surface area contributed by atoms with Gasteiger partial charge in [0.2, 0.25) is 5.91 Å². The lowest BCUT2D eigenvalue weighted by molar-refractivity contribution is -0.128. The van der Waals surface area contributed by atoms with Crippen molar-refractivity contribution in [2.24, 2.45) is 0 Å². The lowest BCUT2D eigenvalue weighted by Gasteiger charge is -2.33. The number of rotatable bonds is 8. The van der Waals surface area contributed by atoms with E-state index in [-0.39, 0.29) is 18.4 Å². The second-order valence-corrected chi connectivity index (χ2v) is 9.06. The number of hydrogen-bond acceptors (Lipinski definition) is 5. The maximum atomic E-state index is 13.8. The number of hydrogen-bond donors (Lipinski definition) is 1. The van der Waals surface area contributed by atoms with Crippen LogP contribution in [-0.4, -0.2) is 32.3 Å². The van der Waals surface area contributed by atoms with Crippen molar-refractivity contribution in [2.45, 2.75) is 45.3 Å². The minimum absolute atomic E-state index is 0.120. The van der Waals surface area contributed by atoms with E-state index in [1.54, 1.807) is 36.4 Å². The molecular formula is C25H26ClN5O3. The number of benzene rings is 2. The SMILES string of the molecule is CCC(C)(C)NC(=O)[C@H](c1ccco1)N(C(=O)Cn1nnc2ccccc21)c1ccc(Cl)cc1. The van der Waals surface area contributed by atoms with E-state index < -0.39 is 11.6 Å². The maximum Gasteiger partial charge on any atom is 0.251 e. The molecule has 8 nitrogen and oxygen atoms in total. The summed E-state index contributed by atoms with van der Waals surface area (Å²) in [4.78, 5) is 28.8. The van der Waals surface area contributed by atoms with E-state index in [1.807, 2.05) is 45.0 Å². The van der Waals surface area contributed by atoms with E-state index in [0.717, 1.165) is 5.52 Å². The van der Waals surface area contributed by atoms with E-state index in [0.29, 0.717) is 28.4 Å². The third-order valence-corrected chi connectivity index (χ3v) is 6.00. The highest BCUT2D eigenvalue weighted by Crippen LogP contribution is 2.30. The number of halogens is 1. The number of carbonyl (C=O) groups excluding carboxylic acids is 2. The Bertz CT molecular complexity index is 1280. The van der Waals surface area contributed by atoms with Crippen LogP contribution in [0.4, 0.5) is 5.69 Å². The summed E-state index contributed by atoms with van der Waals surface area (Å²) in [7, 11) is 0. The highest BCUT2D eigenvalue weighted by molar-refractivity contribution is 6.30. The van der Waals surface area contributed by atoms with Gasteiger partial charge in [-0.3, -0.25) is 14.5 Å². The van der Waals surface area contributed by atoms with Gasteiger partial charge in [0, 0.05) is 16.2 Å². The molecule has 2 aromatic heterocycles. The van der Waals surface area contributed by atoms with E-state index >= 15 is 0 Å². The third-order valence-electron chi connectivity index (χ3n) is 5.74. The molecule has 34 heavy (non-hydrogen) atoms. The van der Waals surface area contributed by atoms with Crippen molar-refractivity contribution in [3.8, 4) is 0 Å². The van der Waals surface area contributed by atoms with Crippen LogP contribution in [0.15, 0.2) is 71.3 Å². The quantitative estimate of drug-likeness (QED) is 0.393. The molecule has 0 bridgehead atoms. The standard InChI is InChI=1S/C25H26ClN5O3/c1-4-25(2,3)27-24(33)23(21-10-7-15-34-21)31(18-13-11-17(26)12-14-18)22(32)16-30-20-9-6-5-8-19(20)28-29-30/h5-15,23H,4,16H2,1-3H3,(H,27,33)/t23-/m0/s1. The molecule has 0 spiro atoms. The minimum Gasteiger partial charge on any atom is -0.467 e. The molecule has 2 heterocycles. The molecule has 0 radical (unpaired) electrons. The predicted octanol–water partition coefficient (Wildman–Crippen LogP) is 4.76. The number of nitrogens with zero attached hydrogens (tertiary/aromatic N) is 4. The first-order chi connectivity index (χ1) is 16.3. The van der Waals surface area contributed by atoms with Crippen LogP contribution < -0.4 is 10.2 Å². The zero-order valence-corrected chi connectivity index (χ0v) is 20.0.